The normalized spacial score (nSPS) is 18.0. The number of hydrogen-bond acceptors (Lipinski definition) is 0. The Bertz CT molecular complexity index is 611. The molecule has 1 aromatic rings. The molecule has 0 aromatic heterocycles. The maximum Gasteiger partial charge on any atom is 0.166 e. The Balaban J connectivity index is 2.04. The molecule has 0 amide bonds. The quantitative estimate of drug-likeness (QED) is 0.355. The van der Waals surface area contributed by atoms with Crippen LogP contribution in [0.3, 0.4) is 0 Å². The lowest BCUT2D eigenvalue weighted by molar-refractivity contribution is 0.493. The summed E-state index contributed by atoms with van der Waals surface area (Å²) in [6, 6.07) is 3.51. The van der Waals surface area contributed by atoms with Crippen LogP contribution in [-0.2, 0) is 6.42 Å². The van der Waals surface area contributed by atoms with Crippen molar-refractivity contribution < 1.29 is 8.78 Å². The third kappa shape index (κ3) is 4.90. The average molecular weight is 330 g/mol. The molecule has 0 saturated heterocycles. The molecule has 1 aliphatic carbocycles. The van der Waals surface area contributed by atoms with Crippen molar-refractivity contribution in [2.24, 2.45) is 5.92 Å². The molecule has 2 heteroatoms. The smallest absolute Gasteiger partial charge is 0.166 e. The Morgan fingerprint density at radius 3 is 2.71 bits per heavy atom. The molecule has 0 heterocycles. The van der Waals surface area contributed by atoms with E-state index in [1.54, 1.807) is 12.1 Å². The van der Waals surface area contributed by atoms with Gasteiger partial charge in [-0.3, -0.25) is 0 Å². The van der Waals surface area contributed by atoms with Crippen molar-refractivity contribution >= 4 is 5.57 Å². The maximum atomic E-state index is 14.4. The standard InChI is InChI=1S/C22H28F2/c1-3-5-7-8-9-17-11-13-18(14-12-17)20-16-15-19(10-6-4-2)21(23)22(20)24/h3,8-9,13,15-17H,1,4-7,10-12,14H2,2H3/b9-8+. The van der Waals surface area contributed by atoms with Gasteiger partial charge in [-0.1, -0.05) is 49.8 Å². The van der Waals surface area contributed by atoms with Gasteiger partial charge in [0, 0.05) is 5.56 Å². The molecule has 1 atom stereocenters. The van der Waals surface area contributed by atoms with Crippen LogP contribution in [0.15, 0.2) is 43.0 Å². The molecule has 0 saturated carbocycles. The number of hydrogen-bond donors (Lipinski definition) is 0. The molecule has 1 aliphatic rings. The minimum absolute atomic E-state index is 0.446. The second-order valence-corrected chi connectivity index (χ2v) is 6.56. The van der Waals surface area contributed by atoms with Crippen molar-refractivity contribution in [1.82, 2.24) is 0 Å². The van der Waals surface area contributed by atoms with Crippen LogP contribution in [0, 0.1) is 17.6 Å². The van der Waals surface area contributed by atoms with Gasteiger partial charge in [0.05, 0.1) is 0 Å². The zero-order valence-electron chi connectivity index (χ0n) is 14.7. The number of rotatable bonds is 8. The summed E-state index contributed by atoms with van der Waals surface area (Å²) in [5, 5.41) is 0. The highest BCUT2D eigenvalue weighted by Crippen LogP contribution is 2.33. The third-order valence-electron chi connectivity index (χ3n) is 4.71. The van der Waals surface area contributed by atoms with Crippen LogP contribution in [0.4, 0.5) is 8.78 Å². The fourth-order valence-electron chi connectivity index (χ4n) is 3.17. The number of halogens is 2. The lowest BCUT2D eigenvalue weighted by Gasteiger charge is -2.20. The topological polar surface area (TPSA) is 0 Å². The van der Waals surface area contributed by atoms with Crippen LogP contribution in [-0.4, -0.2) is 0 Å². The van der Waals surface area contributed by atoms with Gasteiger partial charge in [-0.05, 0) is 62.0 Å². The first-order valence-corrected chi connectivity index (χ1v) is 9.11. The third-order valence-corrected chi connectivity index (χ3v) is 4.71. The van der Waals surface area contributed by atoms with E-state index in [-0.39, 0.29) is 0 Å². The van der Waals surface area contributed by atoms with Crippen LogP contribution in [0.2, 0.25) is 0 Å². The Morgan fingerprint density at radius 2 is 2.04 bits per heavy atom. The van der Waals surface area contributed by atoms with Crippen LogP contribution in [0.5, 0.6) is 0 Å². The minimum Gasteiger partial charge on any atom is -0.203 e. The molecule has 1 unspecified atom stereocenters. The Kier molecular flexibility index (Phi) is 7.42. The first-order valence-electron chi connectivity index (χ1n) is 9.11. The largest absolute Gasteiger partial charge is 0.203 e. The van der Waals surface area contributed by atoms with Gasteiger partial charge in [0.15, 0.2) is 11.6 Å². The summed E-state index contributed by atoms with van der Waals surface area (Å²) >= 11 is 0. The number of allylic oxidation sites excluding steroid dienone is 5. The lowest BCUT2D eigenvalue weighted by atomic mass is 9.85. The van der Waals surface area contributed by atoms with E-state index in [1.807, 2.05) is 6.08 Å². The van der Waals surface area contributed by atoms with E-state index < -0.39 is 11.6 Å². The van der Waals surface area contributed by atoms with Crippen molar-refractivity contribution in [2.75, 3.05) is 0 Å². The second kappa shape index (κ2) is 9.56. The molecule has 0 bridgehead atoms. The zero-order chi connectivity index (χ0) is 17.4. The van der Waals surface area contributed by atoms with E-state index in [9.17, 15) is 8.78 Å². The molecular weight excluding hydrogens is 302 g/mol. The van der Waals surface area contributed by atoms with Gasteiger partial charge < -0.3 is 0 Å². The molecule has 24 heavy (non-hydrogen) atoms. The summed E-state index contributed by atoms with van der Waals surface area (Å²) in [6.45, 7) is 5.77. The highest BCUT2D eigenvalue weighted by Gasteiger charge is 2.19. The van der Waals surface area contributed by atoms with Crippen LogP contribution in [0.25, 0.3) is 5.57 Å². The summed E-state index contributed by atoms with van der Waals surface area (Å²) in [5.41, 5.74) is 1.89. The first-order chi connectivity index (χ1) is 11.7. The molecule has 0 radical (unpaired) electrons. The van der Waals surface area contributed by atoms with Crippen molar-refractivity contribution in [2.45, 2.75) is 58.3 Å². The fourth-order valence-corrected chi connectivity index (χ4v) is 3.17. The van der Waals surface area contributed by atoms with Gasteiger partial charge in [0.2, 0.25) is 0 Å². The molecule has 0 aliphatic heterocycles. The summed E-state index contributed by atoms with van der Waals surface area (Å²) < 4.78 is 28.7. The molecule has 0 fully saturated rings. The van der Waals surface area contributed by atoms with E-state index >= 15 is 0 Å². The SMILES string of the molecule is C=CCC/C=C/C1CC=C(c2ccc(CCCC)c(F)c2F)CC1. The van der Waals surface area contributed by atoms with Crippen molar-refractivity contribution in [3.05, 3.63) is 65.8 Å². The molecule has 0 N–H and O–H groups in total. The number of aryl methyl sites for hydroxylation is 1. The monoisotopic (exact) mass is 330 g/mol. The predicted octanol–water partition coefficient (Wildman–Crippen LogP) is 7.01. The maximum absolute atomic E-state index is 14.4. The Labute approximate surface area is 145 Å². The van der Waals surface area contributed by atoms with Gasteiger partial charge in [-0.15, -0.1) is 6.58 Å². The Hall–Kier alpha value is -1.70. The van der Waals surface area contributed by atoms with E-state index in [2.05, 4.69) is 31.7 Å². The fraction of sp³-hybridized carbons (Fsp3) is 0.455. The van der Waals surface area contributed by atoms with Gasteiger partial charge in [0.1, 0.15) is 0 Å². The lowest BCUT2D eigenvalue weighted by Crippen LogP contribution is -2.06. The van der Waals surface area contributed by atoms with Crippen LogP contribution < -0.4 is 0 Å². The van der Waals surface area contributed by atoms with Crippen molar-refractivity contribution in [3.8, 4) is 0 Å². The van der Waals surface area contributed by atoms with Crippen molar-refractivity contribution in [1.29, 1.82) is 0 Å². The van der Waals surface area contributed by atoms with E-state index in [4.69, 9.17) is 0 Å². The van der Waals surface area contributed by atoms with Gasteiger partial charge >= 0.3 is 0 Å². The highest BCUT2D eigenvalue weighted by molar-refractivity contribution is 5.67. The summed E-state index contributed by atoms with van der Waals surface area (Å²) in [6.07, 6.45) is 15.7. The zero-order valence-corrected chi connectivity index (χ0v) is 14.7. The number of benzene rings is 1. The van der Waals surface area contributed by atoms with Crippen LogP contribution >= 0.6 is 0 Å². The predicted molar refractivity (Wildman–Crippen MR) is 98.9 cm³/mol. The summed E-state index contributed by atoms with van der Waals surface area (Å²) in [7, 11) is 0. The second-order valence-electron chi connectivity index (χ2n) is 6.56. The molecule has 130 valence electrons. The minimum atomic E-state index is -0.671. The molecule has 2 rings (SSSR count). The summed E-state index contributed by atoms with van der Waals surface area (Å²) in [5.74, 6) is -0.821. The van der Waals surface area contributed by atoms with Crippen LogP contribution in [0.1, 0.15) is 63.0 Å². The van der Waals surface area contributed by atoms with E-state index in [1.165, 1.54) is 0 Å². The van der Waals surface area contributed by atoms with Gasteiger partial charge in [-0.2, -0.15) is 0 Å². The van der Waals surface area contributed by atoms with Gasteiger partial charge in [0.25, 0.3) is 0 Å². The Morgan fingerprint density at radius 1 is 1.21 bits per heavy atom. The summed E-state index contributed by atoms with van der Waals surface area (Å²) in [4.78, 5) is 0. The number of unbranched alkanes of at least 4 members (excludes halogenated alkanes) is 2. The average Bonchev–Trinajstić information content (AvgIpc) is 2.61. The van der Waals surface area contributed by atoms with E-state index in [0.717, 1.165) is 50.5 Å². The molecule has 0 spiro atoms. The first kappa shape index (κ1) is 18.6. The van der Waals surface area contributed by atoms with Crippen molar-refractivity contribution in [3.63, 3.8) is 0 Å². The van der Waals surface area contributed by atoms with E-state index in [0.29, 0.717) is 23.5 Å². The van der Waals surface area contributed by atoms with Gasteiger partial charge in [-0.25, -0.2) is 8.78 Å². The molecular formula is C22H28F2. The highest BCUT2D eigenvalue weighted by atomic mass is 19.2. The molecule has 1 aromatic carbocycles. The molecule has 0 nitrogen and oxygen atoms in total.